The van der Waals surface area contributed by atoms with Gasteiger partial charge in [0.2, 0.25) is 0 Å². The SMILES string of the molecule is CCO[Si](OCC)OCC.Cl. The normalized spacial score (nSPS) is 9.82. The van der Waals surface area contributed by atoms with Crippen molar-refractivity contribution in [2.24, 2.45) is 0 Å². The van der Waals surface area contributed by atoms with E-state index in [-0.39, 0.29) is 12.4 Å². The quantitative estimate of drug-likeness (QED) is 0.607. The summed E-state index contributed by atoms with van der Waals surface area (Å²) < 4.78 is 15.5. The Labute approximate surface area is 76.4 Å². The Hall–Kier alpha value is 0.387. The zero-order valence-corrected chi connectivity index (χ0v) is 9.07. The van der Waals surface area contributed by atoms with Gasteiger partial charge in [-0.3, -0.25) is 0 Å². The Morgan fingerprint density at radius 2 is 1.09 bits per heavy atom. The van der Waals surface area contributed by atoms with E-state index in [1.54, 1.807) is 0 Å². The fraction of sp³-hybridized carbons (Fsp3) is 1.00. The van der Waals surface area contributed by atoms with E-state index in [1.165, 1.54) is 0 Å². The van der Waals surface area contributed by atoms with Gasteiger partial charge < -0.3 is 13.3 Å². The van der Waals surface area contributed by atoms with E-state index in [9.17, 15) is 0 Å². The lowest BCUT2D eigenvalue weighted by Crippen LogP contribution is -2.27. The van der Waals surface area contributed by atoms with Crippen LogP contribution in [0.4, 0.5) is 0 Å². The number of hydrogen-bond acceptors (Lipinski definition) is 3. The van der Waals surface area contributed by atoms with Crippen LogP contribution in [0.15, 0.2) is 0 Å². The van der Waals surface area contributed by atoms with Crippen LogP contribution >= 0.6 is 12.4 Å². The molecule has 3 nitrogen and oxygen atoms in total. The van der Waals surface area contributed by atoms with Gasteiger partial charge in [-0.15, -0.1) is 12.4 Å². The summed E-state index contributed by atoms with van der Waals surface area (Å²) in [7, 11) is -1.40. The molecule has 1 radical (unpaired) electrons. The maximum absolute atomic E-state index is 5.18. The topological polar surface area (TPSA) is 27.7 Å². The minimum absolute atomic E-state index is 0. The van der Waals surface area contributed by atoms with Gasteiger partial charge in [-0.05, 0) is 20.8 Å². The Morgan fingerprint density at radius 3 is 1.27 bits per heavy atom. The van der Waals surface area contributed by atoms with Crippen molar-refractivity contribution in [3.05, 3.63) is 0 Å². The first-order valence-electron chi connectivity index (χ1n) is 3.60. The second-order valence-electron chi connectivity index (χ2n) is 1.55. The van der Waals surface area contributed by atoms with Crippen molar-refractivity contribution in [3.8, 4) is 0 Å². The monoisotopic (exact) mass is 199 g/mol. The van der Waals surface area contributed by atoms with Gasteiger partial charge in [-0.2, -0.15) is 0 Å². The fourth-order valence-electron chi connectivity index (χ4n) is 0.479. The summed E-state index contributed by atoms with van der Waals surface area (Å²) in [6.07, 6.45) is 0. The second-order valence-corrected chi connectivity index (χ2v) is 2.92. The third kappa shape index (κ3) is 8.29. The van der Waals surface area contributed by atoms with Gasteiger partial charge in [-0.1, -0.05) is 0 Å². The van der Waals surface area contributed by atoms with Gasteiger partial charge in [0, 0.05) is 19.8 Å². The molecule has 0 unspecified atom stereocenters. The third-order valence-corrected chi connectivity index (χ3v) is 2.36. The number of halogens is 1. The van der Waals surface area contributed by atoms with E-state index >= 15 is 0 Å². The molecule has 0 bridgehead atoms. The molecule has 0 heterocycles. The van der Waals surface area contributed by atoms with Crippen LogP contribution in [0.3, 0.4) is 0 Å². The van der Waals surface area contributed by atoms with Crippen molar-refractivity contribution in [1.82, 2.24) is 0 Å². The maximum atomic E-state index is 5.18. The lowest BCUT2D eigenvalue weighted by Gasteiger charge is -2.10. The highest BCUT2D eigenvalue weighted by atomic mass is 35.5. The first-order valence-corrected chi connectivity index (χ1v) is 4.82. The largest absolute Gasteiger partial charge is 0.577 e. The average molecular weight is 200 g/mol. The zero-order chi connectivity index (χ0) is 7.82. The van der Waals surface area contributed by atoms with E-state index in [4.69, 9.17) is 13.3 Å². The minimum Gasteiger partial charge on any atom is -0.371 e. The molecule has 0 rings (SSSR count). The molecule has 11 heavy (non-hydrogen) atoms. The van der Waals surface area contributed by atoms with Crippen LogP contribution in [0.25, 0.3) is 0 Å². The molecule has 0 fully saturated rings. The highest BCUT2D eigenvalue weighted by molar-refractivity contribution is 6.36. The summed E-state index contributed by atoms with van der Waals surface area (Å²) in [5, 5.41) is 0. The molecule has 0 amide bonds. The van der Waals surface area contributed by atoms with Crippen molar-refractivity contribution < 1.29 is 13.3 Å². The summed E-state index contributed by atoms with van der Waals surface area (Å²) in [4.78, 5) is 0. The molecule has 69 valence electrons. The van der Waals surface area contributed by atoms with Crippen molar-refractivity contribution in [1.29, 1.82) is 0 Å². The minimum atomic E-state index is -1.40. The highest BCUT2D eigenvalue weighted by Crippen LogP contribution is 1.90. The highest BCUT2D eigenvalue weighted by Gasteiger charge is 2.15. The second kappa shape index (κ2) is 10.4. The smallest absolute Gasteiger partial charge is 0.371 e. The summed E-state index contributed by atoms with van der Waals surface area (Å²) in [6, 6.07) is 0. The van der Waals surface area contributed by atoms with E-state index in [0.29, 0.717) is 19.8 Å². The van der Waals surface area contributed by atoms with Crippen LogP contribution in [0.2, 0.25) is 0 Å². The molecule has 0 spiro atoms. The summed E-state index contributed by atoms with van der Waals surface area (Å²) in [5.74, 6) is 0. The maximum Gasteiger partial charge on any atom is 0.577 e. The van der Waals surface area contributed by atoms with Crippen LogP contribution < -0.4 is 0 Å². The Morgan fingerprint density at radius 1 is 0.818 bits per heavy atom. The van der Waals surface area contributed by atoms with Crippen LogP contribution in [0.1, 0.15) is 20.8 Å². The van der Waals surface area contributed by atoms with Gasteiger partial charge in [0.25, 0.3) is 0 Å². The standard InChI is InChI=1S/C6H15O3Si.ClH/c1-4-7-10(8-5-2)9-6-3;/h4-6H2,1-3H3;1H. The van der Waals surface area contributed by atoms with E-state index in [0.717, 1.165) is 0 Å². The first kappa shape index (κ1) is 13.9. The molecule has 0 aromatic heterocycles. The molecule has 0 aliphatic heterocycles. The van der Waals surface area contributed by atoms with Crippen molar-refractivity contribution in [2.75, 3.05) is 19.8 Å². The Bertz CT molecular complexity index is 60.6. The van der Waals surface area contributed by atoms with Gasteiger partial charge in [-0.25, -0.2) is 0 Å². The van der Waals surface area contributed by atoms with Gasteiger partial charge in [0.1, 0.15) is 0 Å². The molecule has 0 aromatic carbocycles. The molecular weight excluding hydrogens is 184 g/mol. The molecule has 0 aromatic rings. The van der Waals surface area contributed by atoms with Crippen LogP contribution in [0, 0.1) is 0 Å². The van der Waals surface area contributed by atoms with E-state index in [2.05, 4.69) is 0 Å². The van der Waals surface area contributed by atoms with Gasteiger partial charge >= 0.3 is 9.53 Å². The molecule has 0 atom stereocenters. The lowest BCUT2D eigenvalue weighted by atomic mass is 10.9. The number of rotatable bonds is 6. The van der Waals surface area contributed by atoms with Crippen molar-refractivity contribution in [3.63, 3.8) is 0 Å². The van der Waals surface area contributed by atoms with Crippen LogP contribution in [-0.4, -0.2) is 29.3 Å². The molecule has 0 aliphatic rings. The zero-order valence-electron chi connectivity index (χ0n) is 7.25. The summed E-state index contributed by atoms with van der Waals surface area (Å²) in [5.41, 5.74) is 0. The first-order chi connectivity index (χ1) is 4.85. The Kier molecular flexibility index (Phi) is 13.2. The van der Waals surface area contributed by atoms with Gasteiger partial charge in [0.05, 0.1) is 0 Å². The van der Waals surface area contributed by atoms with Crippen LogP contribution in [-0.2, 0) is 13.3 Å². The molecule has 5 heteroatoms. The van der Waals surface area contributed by atoms with Gasteiger partial charge in [0.15, 0.2) is 0 Å². The molecular formula is C6H16ClO3Si. The molecule has 0 saturated heterocycles. The average Bonchev–Trinajstić information content (AvgIpc) is 1.90. The van der Waals surface area contributed by atoms with E-state index < -0.39 is 9.53 Å². The fourth-order valence-corrected chi connectivity index (χ4v) is 1.44. The molecule has 0 aliphatic carbocycles. The predicted octanol–water partition coefficient (Wildman–Crippen LogP) is 1.50. The van der Waals surface area contributed by atoms with E-state index in [1.807, 2.05) is 20.8 Å². The predicted molar refractivity (Wildman–Crippen MR) is 47.9 cm³/mol. The summed E-state index contributed by atoms with van der Waals surface area (Å²) >= 11 is 0. The summed E-state index contributed by atoms with van der Waals surface area (Å²) in [6.45, 7) is 7.78. The number of hydrogen-bond donors (Lipinski definition) is 0. The lowest BCUT2D eigenvalue weighted by molar-refractivity contribution is 0.107. The van der Waals surface area contributed by atoms with Crippen molar-refractivity contribution in [2.45, 2.75) is 20.8 Å². The third-order valence-electron chi connectivity index (χ3n) is 0.787. The molecule has 0 saturated carbocycles. The Balaban J connectivity index is 0. The van der Waals surface area contributed by atoms with Crippen LogP contribution in [0.5, 0.6) is 0 Å². The van der Waals surface area contributed by atoms with Crippen molar-refractivity contribution >= 4 is 21.9 Å². The molecule has 0 N–H and O–H groups in total.